The summed E-state index contributed by atoms with van der Waals surface area (Å²) in [6, 6.07) is 11.8. The lowest BCUT2D eigenvalue weighted by Gasteiger charge is -2.35. The van der Waals surface area contributed by atoms with Crippen molar-refractivity contribution in [1.82, 2.24) is 9.80 Å². The fourth-order valence-corrected chi connectivity index (χ4v) is 5.00. The summed E-state index contributed by atoms with van der Waals surface area (Å²) in [5, 5.41) is 0. The van der Waals surface area contributed by atoms with Gasteiger partial charge in [-0.25, -0.2) is 13.4 Å². The highest BCUT2D eigenvalue weighted by Gasteiger charge is 2.32. The van der Waals surface area contributed by atoms with Gasteiger partial charge in [0, 0.05) is 44.5 Å². The molecule has 0 spiro atoms. The summed E-state index contributed by atoms with van der Waals surface area (Å²) in [4.78, 5) is 12.3. The van der Waals surface area contributed by atoms with Gasteiger partial charge >= 0.3 is 0 Å². The Morgan fingerprint density at radius 1 is 1.00 bits per heavy atom. The Morgan fingerprint density at radius 2 is 1.79 bits per heavy atom. The summed E-state index contributed by atoms with van der Waals surface area (Å²) in [7, 11) is -1.14. The third kappa shape index (κ3) is 2.81. The van der Waals surface area contributed by atoms with Crippen LogP contribution < -0.4 is 4.90 Å². The Labute approximate surface area is 166 Å². The molecule has 146 valence electrons. The van der Waals surface area contributed by atoms with Crippen molar-refractivity contribution >= 4 is 32.7 Å². The molecule has 5 rings (SSSR count). The van der Waals surface area contributed by atoms with E-state index in [0.29, 0.717) is 4.90 Å². The number of aliphatic imine (C=N–C) groups is 1. The normalized spacial score (nSPS) is 19.1. The van der Waals surface area contributed by atoms with Gasteiger partial charge in [0.2, 0.25) is 0 Å². The number of sulfone groups is 1. The predicted molar refractivity (Wildman–Crippen MR) is 112 cm³/mol. The molecular formula is C21H24N4O2S. The van der Waals surface area contributed by atoms with Crippen LogP contribution in [0, 0.1) is 0 Å². The minimum Gasteiger partial charge on any atom is -0.353 e. The van der Waals surface area contributed by atoms with Gasteiger partial charge in [-0.15, -0.1) is 0 Å². The molecule has 1 saturated heterocycles. The zero-order valence-corrected chi connectivity index (χ0v) is 17.0. The third-order valence-corrected chi connectivity index (χ3v) is 7.04. The lowest BCUT2D eigenvalue weighted by molar-refractivity contribution is 0.216. The number of hydrogen-bond acceptors (Lipinski definition) is 6. The maximum atomic E-state index is 12.1. The molecule has 28 heavy (non-hydrogen) atoms. The number of amidine groups is 1. The molecule has 0 radical (unpaired) electrons. The van der Waals surface area contributed by atoms with Gasteiger partial charge in [-0.1, -0.05) is 12.1 Å². The number of benzene rings is 2. The lowest BCUT2D eigenvalue weighted by atomic mass is 10.1. The molecule has 0 amide bonds. The molecule has 0 atom stereocenters. The van der Waals surface area contributed by atoms with E-state index in [-0.39, 0.29) is 0 Å². The highest BCUT2D eigenvalue weighted by atomic mass is 32.2. The fraction of sp³-hybridized carbons (Fsp3) is 0.381. The summed E-state index contributed by atoms with van der Waals surface area (Å²) in [6.07, 6.45) is 2.24. The van der Waals surface area contributed by atoms with Gasteiger partial charge in [-0.05, 0) is 43.3 Å². The van der Waals surface area contributed by atoms with Gasteiger partial charge in [0.05, 0.1) is 22.0 Å². The summed E-state index contributed by atoms with van der Waals surface area (Å²) < 4.78 is 24.3. The van der Waals surface area contributed by atoms with Crippen molar-refractivity contribution in [1.29, 1.82) is 0 Å². The highest BCUT2D eigenvalue weighted by Crippen LogP contribution is 2.45. The van der Waals surface area contributed by atoms with E-state index in [4.69, 9.17) is 4.99 Å². The standard InChI is InChI=1S/C21H24N4O2S/c1-23-10-12-24(13-11-23)21-17-5-3-4-15-8-9-25(20(15)17)19-7-6-16(28(2,26)27)14-18(19)22-21/h3-7,14H,8-13H2,1-2H3. The van der Waals surface area contributed by atoms with E-state index in [2.05, 4.69) is 39.9 Å². The molecule has 0 unspecified atom stereocenters. The van der Waals surface area contributed by atoms with E-state index >= 15 is 0 Å². The van der Waals surface area contributed by atoms with Crippen LogP contribution in [0.15, 0.2) is 46.3 Å². The minimum atomic E-state index is -3.28. The molecule has 0 saturated carbocycles. The van der Waals surface area contributed by atoms with E-state index in [1.165, 1.54) is 17.5 Å². The van der Waals surface area contributed by atoms with Gasteiger partial charge in [0.1, 0.15) is 5.84 Å². The fourth-order valence-electron chi connectivity index (χ4n) is 4.36. The second kappa shape index (κ2) is 6.32. The average Bonchev–Trinajstić information content (AvgIpc) is 3.04. The second-order valence-corrected chi connectivity index (χ2v) is 9.88. The summed E-state index contributed by atoms with van der Waals surface area (Å²) in [5.41, 5.74) is 5.44. The molecule has 3 aliphatic rings. The number of piperazine rings is 1. The Kier molecular flexibility index (Phi) is 4.00. The smallest absolute Gasteiger partial charge is 0.175 e. The number of hydrogen-bond donors (Lipinski definition) is 0. The Balaban J connectivity index is 1.72. The van der Waals surface area contributed by atoms with Crippen LogP contribution in [0.2, 0.25) is 0 Å². The molecule has 0 aromatic heterocycles. The van der Waals surface area contributed by atoms with Crippen LogP contribution in [0.25, 0.3) is 0 Å². The summed E-state index contributed by atoms with van der Waals surface area (Å²) >= 11 is 0. The van der Waals surface area contributed by atoms with Crippen LogP contribution >= 0.6 is 0 Å². The number of rotatable bonds is 1. The van der Waals surface area contributed by atoms with E-state index in [0.717, 1.165) is 61.9 Å². The topological polar surface area (TPSA) is 56.2 Å². The van der Waals surface area contributed by atoms with Crippen molar-refractivity contribution in [2.75, 3.05) is 50.9 Å². The quantitative estimate of drug-likeness (QED) is 0.741. The first kappa shape index (κ1) is 17.7. The van der Waals surface area contributed by atoms with Gasteiger partial charge in [-0.3, -0.25) is 0 Å². The molecule has 2 aromatic rings. The second-order valence-electron chi connectivity index (χ2n) is 7.86. The monoisotopic (exact) mass is 396 g/mol. The summed E-state index contributed by atoms with van der Waals surface area (Å²) in [5.74, 6) is 0.959. The van der Waals surface area contributed by atoms with Crippen LogP contribution in [0.1, 0.15) is 11.1 Å². The average molecular weight is 397 g/mol. The van der Waals surface area contributed by atoms with Gasteiger partial charge < -0.3 is 14.7 Å². The Hall–Kier alpha value is -2.38. The van der Waals surface area contributed by atoms with Crippen molar-refractivity contribution in [2.24, 2.45) is 4.99 Å². The van der Waals surface area contributed by atoms with E-state index in [9.17, 15) is 8.42 Å². The zero-order chi connectivity index (χ0) is 19.5. The van der Waals surface area contributed by atoms with Crippen molar-refractivity contribution in [3.05, 3.63) is 47.5 Å². The number of nitrogens with zero attached hydrogens (tertiary/aromatic N) is 4. The Bertz CT molecular complexity index is 1090. The van der Waals surface area contributed by atoms with Crippen molar-refractivity contribution in [2.45, 2.75) is 11.3 Å². The molecule has 7 heteroatoms. The molecule has 1 fully saturated rings. The predicted octanol–water partition coefficient (Wildman–Crippen LogP) is 2.42. The van der Waals surface area contributed by atoms with Gasteiger partial charge in [0.25, 0.3) is 0 Å². The van der Waals surface area contributed by atoms with Crippen molar-refractivity contribution in [3.8, 4) is 0 Å². The van der Waals surface area contributed by atoms with Gasteiger partial charge in [-0.2, -0.15) is 0 Å². The molecule has 2 aromatic carbocycles. The summed E-state index contributed by atoms with van der Waals surface area (Å²) in [6.45, 7) is 4.71. The first-order valence-electron chi connectivity index (χ1n) is 9.68. The number of para-hydroxylation sites is 1. The molecule has 3 aliphatic heterocycles. The first-order valence-corrected chi connectivity index (χ1v) is 11.6. The van der Waals surface area contributed by atoms with Gasteiger partial charge in [0.15, 0.2) is 9.84 Å². The zero-order valence-electron chi connectivity index (χ0n) is 16.2. The van der Waals surface area contributed by atoms with Crippen LogP contribution in [0.3, 0.4) is 0 Å². The van der Waals surface area contributed by atoms with E-state index in [1.54, 1.807) is 12.1 Å². The SMILES string of the molecule is CN1CCN(C2=Nc3cc(S(C)(=O)=O)ccc3N3CCc4cccc2c43)CC1. The van der Waals surface area contributed by atoms with Crippen LogP contribution in [-0.4, -0.2) is 70.1 Å². The molecule has 0 N–H and O–H groups in total. The highest BCUT2D eigenvalue weighted by molar-refractivity contribution is 7.90. The lowest BCUT2D eigenvalue weighted by Crippen LogP contribution is -2.47. The Morgan fingerprint density at radius 3 is 2.54 bits per heavy atom. The van der Waals surface area contributed by atoms with E-state index < -0.39 is 9.84 Å². The molecular weight excluding hydrogens is 372 g/mol. The number of anilines is 2. The first-order chi connectivity index (χ1) is 13.4. The molecule has 6 nitrogen and oxygen atoms in total. The van der Waals surface area contributed by atoms with E-state index in [1.807, 2.05) is 6.07 Å². The van der Waals surface area contributed by atoms with Crippen LogP contribution in [0.5, 0.6) is 0 Å². The van der Waals surface area contributed by atoms with Crippen LogP contribution in [0.4, 0.5) is 17.1 Å². The maximum Gasteiger partial charge on any atom is 0.175 e. The third-order valence-electron chi connectivity index (χ3n) is 5.93. The van der Waals surface area contributed by atoms with Crippen molar-refractivity contribution < 1.29 is 8.42 Å². The minimum absolute atomic E-state index is 0.318. The maximum absolute atomic E-state index is 12.1. The largest absolute Gasteiger partial charge is 0.353 e. The molecule has 0 aliphatic carbocycles. The molecule has 0 bridgehead atoms. The van der Waals surface area contributed by atoms with Crippen LogP contribution in [-0.2, 0) is 16.3 Å². The van der Waals surface area contributed by atoms with Crippen molar-refractivity contribution in [3.63, 3.8) is 0 Å². The molecule has 3 heterocycles. The number of fused-ring (bicyclic) bond motifs is 2. The number of likely N-dealkylation sites (N-methyl/N-ethyl adjacent to an activating group) is 1.